The van der Waals surface area contributed by atoms with Gasteiger partial charge in [0.2, 0.25) is 5.91 Å². The Morgan fingerprint density at radius 1 is 1.17 bits per heavy atom. The van der Waals surface area contributed by atoms with Crippen molar-refractivity contribution in [2.45, 2.75) is 19.3 Å². The molecule has 30 heavy (non-hydrogen) atoms. The smallest absolute Gasteiger partial charge is 0.229 e. The molecule has 2 fully saturated rings. The number of pyridine rings is 2. The van der Waals surface area contributed by atoms with Gasteiger partial charge in [0.05, 0.1) is 21.7 Å². The van der Waals surface area contributed by atoms with Gasteiger partial charge < -0.3 is 20.7 Å². The lowest BCUT2D eigenvalue weighted by Crippen LogP contribution is -2.25. The van der Waals surface area contributed by atoms with Crippen LogP contribution in [0, 0.1) is 11.8 Å². The quantitative estimate of drug-likeness (QED) is 0.620. The van der Waals surface area contributed by atoms with E-state index in [1.165, 1.54) is 6.20 Å². The van der Waals surface area contributed by atoms with E-state index >= 15 is 0 Å². The summed E-state index contributed by atoms with van der Waals surface area (Å²) in [5.41, 5.74) is 1.19. The highest BCUT2D eigenvalue weighted by molar-refractivity contribution is 6.36. The molecule has 2 aromatic heterocycles. The first-order chi connectivity index (χ1) is 14.6. The molecule has 1 atom stereocenters. The average molecular weight is 450 g/mol. The third-order valence-electron chi connectivity index (χ3n) is 5.55. The van der Waals surface area contributed by atoms with Crippen molar-refractivity contribution in [2.24, 2.45) is 11.8 Å². The third-order valence-corrected chi connectivity index (χ3v) is 6.16. The zero-order chi connectivity index (χ0) is 20.9. The fraction of sp³-hybridized carbons (Fsp3) is 0.476. The molecule has 160 valence electrons. The zero-order valence-corrected chi connectivity index (χ0v) is 18.1. The SMILES string of the molecule is O=C(Nc1cc(-c2nc(NCC3CCOCC3)ccc2Cl)c(Cl)cn1)[C@@H]1CCNC1. The molecule has 4 rings (SSSR count). The van der Waals surface area contributed by atoms with Gasteiger partial charge in [-0.15, -0.1) is 0 Å². The molecule has 1 amide bonds. The average Bonchev–Trinajstić information content (AvgIpc) is 3.31. The fourth-order valence-corrected chi connectivity index (χ4v) is 4.12. The van der Waals surface area contributed by atoms with Crippen LogP contribution in [-0.2, 0) is 9.53 Å². The first-order valence-electron chi connectivity index (χ1n) is 10.3. The lowest BCUT2D eigenvalue weighted by molar-refractivity contribution is -0.119. The maximum absolute atomic E-state index is 12.4. The molecule has 0 saturated carbocycles. The van der Waals surface area contributed by atoms with Gasteiger partial charge in [0.15, 0.2) is 0 Å². The number of carbonyl (C=O) groups is 1. The number of rotatable bonds is 6. The summed E-state index contributed by atoms with van der Waals surface area (Å²) in [5.74, 6) is 1.63. The predicted octanol–water partition coefficient (Wildman–Crippen LogP) is 3.84. The van der Waals surface area contributed by atoms with E-state index in [-0.39, 0.29) is 11.8 Å². The van der Waals surface area contributed by atoms with Crippen molar-refractivity contribution in [1.29, 1.82) is 0 Å². The molecule has 3 N–H and O–H groups in total. The Hall–Kier alpha value is -1.93. The van der Waals surface area contributed by atoms with Crippen LogP contribution in [0.2, 0.25) is 10.0 Å². The van der Waals surface area contributed by atoms with E-state index < -0.39 is 0 Å². The van der Waals surface area contributed by atoms with Gasteiger partial charge in [-0.1, -0.05) is 23.2 Å². The number of nitrogens with one attached hydrogen (secondary N) is 3. The second-order valence-electron chi connectivity index (χ2n) is 7.69. The molecule has 0 unspecified atom stereocenters. The van der Waals surface area contributed by atoms with Crippen LogP contribution in [0.1, 0.15) is 19.3 Å². The van der Waals surface area contributed by atoms with Crippen molar-refractivity contribution in [3.63, 3.8) is 0 Å². The van der Waals surface area contributed by atoms with E-state index in [1.54, 1.807) is 12.1 Å². The number of carbonyl (C=O) groups excluding carboxylic acids is 1. The van der Waals surface area contributed by atoms with Crippen LogP contribution in [-0.4, -0.2) is 48.7 Å². The molecule has 7 nitrogen and oxygen atoms in total. The molecular weight excluding hydrogens is 425 g/mol. The van der Waals surface area contributed by atoms with Crippen molar-refractivity contribution < 1.29 is 9.53 Å². The Morgan fingerprint density at radius 2 is 2.00 bits per heavy atom. The van der Waals surface area contributed by atoms with Gasteiger partial charge in [-0.3, -0.25) is 4.79 Å². The summed E-state index contributed by atoms with van der Waals surface area (Å²) in [6.45, 7) is 3.98. The summed E-state index contributed by atoms with van der Waals surface area (Å²) in [7, 11) is 0. The molecule has 0 radical (unpaired) electrons. The maximum atomic E-state index is 12.4. The molecule has 2 saturated heterocycles. The number of hydrogen-bond donors (Lipinski definition) is 3. The summed E-state index contributed by atoms with van der Waals surface area (Å²) >= 11 is 12.8. The van der Waals surface area contributed by atoms with Crippen molar-refractivity contribution in [3.8, 4) is 11.3 Å². The number of aromatic nitrogens is 2. The highest BCUT2D eigenvalue weighted by Crippen LogP contribution is 2.34. The van der Waals surface area contributed by atoms with Crippen molar-refractivity contribution in [2.75, 3.05) is 43.5 Å². The van der Waals surface area contributed by atoms with Gasteiger partial charge in [-0.05, 0) is 49.9 Å². The standard InChI is InChI=1S/C21H25Cl2N5O2/c22-16-1-2-18(25-10-13-4-7-30-8-5-13)27-20(16)15-9-19(26-12-17(15)23)28-21(29)14-3-6-24-11-14/h1-2,9,12-14,24H,3-8,10-11H2,(H,25,27)(H,26,28,29)/t14-/m1/s1. The lowest BCUT2D eigenvalue weighted by Gasteiger charge is -2.22. The van der Waals surface area contributed by atoms with Crippen LogP contribution in [0.3, 0.4) is 0 Å². The normalized spacial score (nSPS) is 19.6. The van der Waals surface area contributed by atoms with Gasteiger partial charge in [0, 0.05) is 38.1 Å². The van der Waals surface area contributed by atoms with Gasteiger partial charge in [-0.2, -0.15) is 0 Å². The number of anilines is 2. The van der Waals surface area contributed by atoms with E-state index in [0.29, 0.717) is 39.6 Å². The van der Waals surface area contributed by atoms with E-state index in [1.807, 2.05) is 6.07 Å². The summed E-state index contributed by atoms with van der Waals surface area (Å²) in [6, 6.07) is 5.38. The number of amides is 1. The molecule has 2 aliphatic heterocycles. The van der Waals surface area contributed by atoms with E-state index in [4.69, 9.17) is 27.9 Å². The monoisotopic (exact) mass is 449 g/mol. The van der Waals surface area contributed by atoms with Crippen molar-refractivity contribution in [3.05, 3.63) is 34.4 Å². The Kier molecular flexibility index (Phi) is 7.04. The number of nitrogens with zero attached hydrogens (tertiary/aromatic N) is 2. The molecule has 0 bridgehead atoms. The molecule has 0 aromatic carbocycles. The molecule has 0 spiro atoms. The first kappa shape index (κ1) is 21.3. The summed E-state index contributed by atoms with van der Waals surface area (Å²) in [5, 5.41) is 10.4. The molecule has 4 heterocycles. The molecule has 0 aliphatic carbocycles. The second kappa shape index (κ2) is 9.92. The molecule has 2 aliphatic rings. The van der Waals surface area contributed by atoms with E-state index in [2.05, 4.69) is 25.9 Å². The van der Waals surface area contributed by atoms with Gasteiger partial charge >= 0.3 is 0 Å². The van der Waals surface area contributed by atoms with Crippen LogP contribution in [0.4, 0.5) is 11.6 Å². The van der Waals surface area contributed by atoms with Crippen LogP contribution in [0.15, 0.2) is 24.4 Å². The van der Waals surface area contributed by atoms with Crippen LogP contribution in [0.25, 0.3) is 11.3 Å². The summed E-state index contributed by atoms with van der Waals surface area (Å²) < 4.78 is 5.41. The van der Waals surface area contributed by atoms with Crippen LogP contribution < -0.4 is 16.0 Å². The lowest BCUT2D eigenvalue weighted by atomic mass is 10.0. The fourth-order valence-electron chi connectivity index (χ4n) is 3.72. The van der Waals surface area contributed by atoms with Gasteiger partial charge in [0.1, 0.15) is 11.6 Å². The summed E-state index contributed by atoms with van der Waals surface area (Å²) in [4.78, 5) is 21.3. The number of hydrogen-bond acceptors (Lipinski definition) is 6. The number of ether oxygens (including phenoxy) is 1. The van der Waals surface area contributed by atoms with E-state index in [9.17, 15) is 4.79 Å². The van der Waals surface area contributed by atoms with Crippen molar-refractivity contribution >= 4 is 40.7 Å². The Bertz CT molecular complexity index is 899. The van der Waals surface area contributed by atoms with Crippen LogP contribution in [0.5, 0.6) is 0 Å². The predicted molar refractivity (Wildman–Crippen MR) is 119 cm³/mol. The van der Waals surface area contributed by atoms with Gasteiger partial charge in [-0.25, -0.2) is 9.97 Å². The minimum absolute atomic E-state index is 0.0493. The number of halogens is 2. The Labute approximate surface area is 185 Å². The summed E-state index contributed by atoms with van der Waals surface area (Å²) in [6.07, 6.45) is 4.42. The highest BCUT2D eigenvalue weighted by Gasteiger charge is 2.23. The topological polar surface area (TPSA) is 88.2 Å². The Balaban J connectivity index is 1.51. The van der Waals surface area contributed by atoms with Crippen LogP contribution >= 0.6 is 23.2 Å². The largest absolute Gasteiger partial charge is 0.381 e. The van der Waals surface area contributed by atoms with Gasteiger partial charge in [0.25, 0.3) is 0 Å². The zero-order valence-electron chi connectivity index (χ0n) is 16.6. The Morgan fingerprint density at radius 3 is 2.77 bits per heavy atom. The van der Waals surface area contributed by atoms with E-state index in [0.717, 1.165) is 51.4 Å². The molecule has 9 heteroatoms. The third kappa shape index (κ3) is 5.21. The maximum Gasteiger partial charge on any atom is 0.229 e. The molecule has 2 aromatic rings. The molecular formula is C21H25Cl2N5O2. The second-order valence-corrected chi connectivity index (χ2v) is 8.51. The highest BCUT2D eigenvalue weighted by atomic mass is 35.5. The minimum Gasteiger partial charge on any atom is -0.381 e. The van der Waals surface area contributed by atoms with Crippen molar-refractivity contribution in [1.82, 2.24) is 15.3 Å². The first-order valence-corrected chi connectivity index (χ1v) is 11.0. The minimum atomic E-state index is -0.0506.